The second-order valence-electron chi connectivity index (χ2n) is 6.75. The van der Waals surface area contributed by atoms with Gasteiger partial charge in [-0.15, -0.1) is 0 Å². The van der Waals surface area contributed by atoms with Crippen molar-refractivity contribution >= 4 is 33.6 Å². The number of nitrogens with one attached hydrogen (secondary N) is 2. The fraction of sp³-hybridized carbons (Fsp3) is 0.0909. The summed E-state index contributed by atoms with van der Waals surface area (Å²) >= 11 is 0. The van der Waals surface area contributed by atoms with E-state index in [1.807, 2.05) is 30.3 Å². The van der Waals surface area contributed by atoms with E-state index in [9.17, 15) is 14.7 Å². The molecular formula is C22H16N2O3. The molecule has 0 saturated carbocycles. The number of aryl methyl sites for hydroxylation is 1. The number of carbonyl (C=O) groups is 2. The van der Waals surface area contributed by atoms with Crippen molar-refractivity contribution in [2.75, 3.05) is 0 Å². The number of amides is 2. The van der Waals surface area contributed by atoms with Gasteiger partial charge in [0, 0.05) is 21.8 Å². The number of hydrogen-bond donors (Lipinski definition) is 3. The Morgan fingerprint density at radius 2 is 1.67 bits per heavy atom. The quantitative estimate of drug-likeness (QED) is 0.472. The summed E-state index contributed by atoms with van der Waals surface area (Å²) in [6.07, 6.45) is 0.819. The van der Waals surface area contributed by atoms with E-state index < -0.39 is 5.91 Å². The molecule has 5 heteroatoms. The second kappa shape index (κ2) is 5.45. The van der Waals surface area contributed by atoms with Gasteiger partial charge in [-0.05, 0) is 47.4 Å². The minimum atomic E-state index is -0.403. The lowest BCUT2D eigenvalue weighted by atomic mass is 9.90. The Morgan fingerprint density at radius 1 is 0.889 bits per heavy atom. The molecule has 0 aliphatic carbocycles. The summed E-state index contributed by atoms with van der Waals surface area (Å²) in [7, 11) is 0. The summed E-state index contributed by atoms with van der Waals surface area (Å²) in [4.78, 5) is 28.6. The van der Waals surface area contributed by atoms with Gasteiger partial charge in [-0.2, -0.15) is 0 Å². The van der Waals surface area contributed by atoms with Crippen LogP contribution in [0.5, 0.6) is 5.75 Å². The number of aromatic hydroxyl groups is 1. The van der Waals surface area contributed by atoms with E-state index in [0.717, 1.165) is 39.5 Å². The molecule has 0 spiro atoms. The van der Waals surface area contributed by atoms with Gasteiger partial charge >= 0.3 is 0 Å². The van der Waals surface area contributed by atoms with E-state index in [1.54, 1.807) is 18.2 Å². The molecule has 132 valence electrons. The number of phenolic OH excluding ortho intramolecular Hbond substituents is 1. The molecule has 1 aromatic heterocycles. The Balaban J connectivity index is 1.97. The zero-order chi connectivity index (χ0) is 18.7. The van der Waals surface area contributed by atoms with Gasteiger partial charge in [0.2, 0.25) is 0 Å². The Bertz CT molecular complexity index is 1280. The fourth-order valence-electron chi connectivity index (χ4n) is 4.05. The Hall–Kier alpha value is -3.60. The maximum atomic E-state index is 12.6. The molecule has 5 rings (SSSR count). The van der Waals surface area contributed by atoms with E-state index in [1.165, 1.54) is 0 Å². The maximum absolute atomic E-state index is 12.6. The lowest BCUT2D eigenvalue weighted by molar-refractivity contribution is 0.0880. The molecule has 0 bridgehead atoms. The minimum absolute atomic E-state index is 0.113. The predicted octanol–water partition coefficient (Wildman–Crippen LogP) is 4.14. The van der Waals surface area contributed by atoms with Gasteiger partial charge in [-0.3, -0.25) is 14.9 Å². The zero-order valence-electron chi connectivity index (χ0n) is 14.6. The standard InChI is InChI=1S/C22H16N2O3/c1-2-11-5-3-4-6-13(11)14-10-17-18(20-19(14)21(26)24-22(20)27)15-9-12(25)7-8-16(15)23-17/h3-10,23,25H,2H2,1H3,(H,24,26,27). The van der Waals surface area contributed by atoms with Crippen molar-refractivity contribution in [3.8, 4) is 16.9 Å². The summed E-state index contributed by atoms with van der Waals surface area (Å²) in [5.41, 5.74) is 5.14. The molecule has 27 heavy (non-hydrogen) atoms. The molecule has 0 fully saturated rings. The highest BCUT2D eigenvalue weighted by molar-refractivity contribution is 6.32. The smallest absolute Gasteiger partial charge is 0.259 e. The molecule has 5 nitrogen and oxygen atoms in total. The Labute approximate surface area is 154 Å². The van der Waals surface area contributed by atoms with Crippen LogP contribution in [0.25, 0.3) is 32.9 Å². The molecule has 0 unspecified atom stereocenters. The van der Waals surface area contributed by atoms with Crippen LogP contribution < -0.4 is 5.32 Å². The molecule has 1 aliphatic rings. The van der Waals surface area contributed by atoms with Gasteiger partial charge in [0.15, 0.2) is 0 Å². The SMILES string of the molecule is CCc1ccccc1-c1cc2[nH]c3ccc(O)cc3c2c2c1C(=O)NC2=O. The fourth-order valence-corrected chi connectivity index (χ4v) is 4.05. The minimum Gasteiger partial charge on any atom is -0.508 e. The number of fused-ring (bicyclic) bond motifs is 5. The molecule has 3 aromatic carbocycles. The van der Waals surface area contributed by atoms with Crippen LogP contribution in [0.3, 0.4) is 0 Å². The second-order valence-corrected chi connectivity index (χ2v) is 6.75. The van der Waals surface area contributed by atoms with Gasteiger partial charge in [0.05, 0.1) is 11.1 Å². The van der Waals surface area contributed by atoms with Crippen LogP contribution in [0.15, 0.2) is 48.5 Å². The van der Waals surface area contributed by atoms with E-state index >= 15 is 0 Å². The highest BCUT2D eigenvalue weighted by Gasteiger charge is 2.34. The number of phenols is 1. The van der Waals surface area contributed by atoms with Gasteiger partial charge in [0.25, 0.3) is 11.8 Å². The summed E-state index contributed by atoms with van der Waals surface area (Å²) in [5.74, 6) is -0.672. The van der Waals surface area contributed by atoms with Crippen molar-refractivity contribution in [3.05, 3.63) is 65.2 Å². The van der Waals surface area contributed by atoms with E-state index in [-0.39, 0.29) is 11.7 Å². The number of H-pyrrole nitrogens is 1. The molecule has 0 atom stereocenters. The van der Waals surface area contributed by atoms with Crippen LogP contribution >= 0.6 is 0 Å². The summed E-state index contributed by atoms with van der Waals surface area (Å²) in [6.45, 7) is 2.06. The number of benzene rings is 3. The van der Waals surface area contributed by atoms with E-state index in [2.05, 4.69) is 17.2 Å². The van der Waals surface area contributed by atoms with Crippen molar-refractivity contribution in [3.63, 3.8) is 0 Å². The number of aromatic nitrogens is 1. The van der Waals surface area contributed by atoms with Crippen molar-refractivity contribution in [2.24, 2.45) is 0 Å². The van der Waals surface area contributed by atoms with E-state index in [0.29, 0.717) is 16.5 Å². The highest BCUT2D eigenvalue weighted by atomic mass is 16.3. The van der Waals surface area contributed by atoms with Crippen LogP contribution in [0, 0.1) is 0 Å². The van der Waals surface area contributed by atoms with Crippen LogP contribution in [0.1, 0.15) is 33.2 Å². The number of rotatable bonds is 2. The first-order valence-corrected chi connectivity index (χ1v) is 8.84. The number of hydrogen-bond acceptors (Lipinski definition) is 3. The van der Waals surface area contributed by atoms with Crippen LogP contribution in [-0.4, -0.2) is 21.9 Å². The normalized spacial score (nSPS) is 13.4. The Kier molecular flexibility index (Phi) is 3.15. The first kappa shape index (κ1) is 15.6. The largest absolute Gasteiger partial charge is 0.508 e. The van der Waals surface area contributed by atoms with Crippen LogP contribution in [0.2, 0.25) is 0 Å². The maximum Gasteiger partial charge on any atom is 0.259 e. The zero-order valence-corrected chi connectivity index (χ0v) is 14.6. The summed E-state index contributed by atoms with van der Waals surface area (Å²) in [5, 5.41) is 13.7. The molecular weight excluding hydrogens is 340 g/mol. The average molecular weight is 356 g/mol. The highest BCUT2D eigenvalue weighted by Crippen LogP contribution is 2.40. The topological polar surface area (TPSA) is 82.2 Å². The van der Waals surface area contributed by atoms with Crippen LogP contribution in [-0.2, 0) is 6.42 Å². The van der Waals surface area contributed by atoms with Crippen LogP contribution in [0.4, 0.5) is 0 Å². The van der Waals surface area contributed by atoms with Crippen molar-refractivity contribution in [1.29, 1.82) is 0 Å². The molecule has 1 aliphatic heterocycles. The first-order chi connectivity index (χ1) is 13.1. The molecule has 3 N–H and O–H groups in total. The third-order valence-electron chi connectivity index (χ3n) is 5.24. The van der Waals surface area contributed by atoms with Gasteiger partial charge in [-0.1, -0.05) is 31.2 Å². The number of carbonyl (C=O) groups excluding carboxylic acids is 2. The summed E-state index contributed by atoms with van der Waals surface area (Å²) in [6, 6.07) is 14.8. The molecule has 2 heterocycles. The van der Waals surface area contributed by atoms with Crippen molar-refractivity contribution in [1.82, 2.24) is 10.3 Å². The lowest BCUT2D eigenvalue weighted by Crippen LogP contribution is -2.20. The average Bonchev–Trinajstić information content (AvgIpc) is 3.17. The first-order valence-electron chi connectivity index (χ1n) is 8.84. The molecule has 4 aromatic rings. The van der Waals surface area contributed by atoms with Gasteiger partial charge in [-0.25, -0.2) is 0 Å². The van der Waals surface area contributed by atoms with Gasteiger partial charge < -0.3 is 10.1 Å². The molecule has 2 amide bonds. The lowest BCUT2D eigenvalue weighted by Gasteiger charge is -2.12. The monoisotopic (exact) mass is 356 g/mol. The molecule has 0 saturated heterocycles. The van der Waals surface area contributed by atoms with Gasteiger partial charge in [0.1, 0.15) is 5.75 Å². The number of imide groups is 1. The van der Waals surface area contributed by atoms with Crippen molar-refractivity contribution < 1.29 is 14.7 Å². The molecule has 0 radical (unpaired) electrons. The Morgan fingerprint density at radius 3 is 2.48 bits per heavy atom. The predicted molar refractivity (Wildman–Crippen MR) is 104 cm³/mol. The van der Waals surface area contributed by atoms with E-state index in [4.69, 9.17) is 0 Å². The third kappa shape index (κ3) is 2.11. The third-order valence-corrected chi connectivity index (χ3v) is 5.24. The number of aromatic amines is 1. The summed E-state index contributed by atoms with van der Waals surface area (Å²) < 4.78 is 0. The van der Waals surface area contributed by atoms with Crippen molar-refractivity contribution in [2.45, 2.75) is 13.3 Å².